The number of urea groups is 1. The first kappa shape index (κ1) is 22.8. The second kappa shape index (κ2) is 10.5. The van der Waals surface area contributed by atoms with Crippen molar-refractivity contribution < 1.29 is 14.3 Å². The maximum Gasteiger partial charge on any atom is 0.319 e. The van der Waals surface area contributed by atoms with Gasteiger partial charge in [0.15, 0.2) is 0 Å². The van der Waals surface area contributed by atoms with Crippen molar-refractivity contribution in [2.45, 2.75) is 44.6 Å². The number of anilines is 1. The van der Waals surface area contributed by atoms with Crippen LogP contribution in [0, 0.1) is 18.3 Å². The lowest BCUT2D eigenvalue weighted by Crippen LogP contribution is -2.38. The van der Waals surface area contributed by atoms with Crippen molar-refractivity contribution in [1.29, 1.82) is 5.26 Å². The van der Waals surface area contributed by atoms with Crippen LogP contribution in [0.15, 0.2) is 42.5 Å². The summed E-state index contributed by atoms with van der Waals surface area (Å²) in [6, 6.07) is 15.0. The van der Waals surface area contributed by atoms with Gasteiger partial charge in [-0.1, -0.05) is 18.2 Å². The number of nitrogens with one attached hydrogen (secondary N) is 2. The van der Waals surface area contributed by atoms with E-state index in [4.69, 9.17) is 10.00 Å². The number of likely N-dealkylation sites (tertiary alicyclic amines) is 1. The number of aryl methyl sites for hydroxylation is 1. The third kappa shape index (κ3) is 5.71. The van der Waals surface area contributed by atoms with Crippen molar-refractivity contribution in [1.82, 2.24) is 10.2 Å². The summed E-state index contributed by atoms with van der Waals surface area (Å²) < 4.78 is 5.54. The van der Waals surface area contributed by atoms with E-state index in [-0.39, 0.29) is 18.0 Å². The van der Waals surface area contributed by atoms with Gasteiger partial charge in [-0.15, -0.1) is 0 Å². The van der Waals surface area contributed by atoms with Crippen LogP contribution >= 0.6 is 0 Å². The fraction of sp³-hybridized carbons (Fsp3) is 0.423. The molecule has 2 aliphatic rings. The molecule has 2 heterocycles. The number of benzene rings is 2. The van der Waals surface area contributed by atoms with E-state index in [0.29, 0.717) is 42.4 Å². The Labute approximate surface area is 194 Å². The van der Waals surface area contributed by atoms with Crippen molar-refractivity contribution >= 4 is 17.6 Å². The minimum atomic E-state index is -0.290. The molecule has 0 bridgehead atoms. The monoisotopic (exact) mass is 446 g/mol. The maximum atomic E-state index is 13.1. The predicted octanol–water partition coefficient (Wildman–Crippen LogP) is 4.19. The first-order valence-corrected chi connectivity index (χ1v) is 11.6. The van der Waals surface area contributed by atoms with E-state index in [9.17, 15) is 9.59 Å². The number of hydrogen-bond donors (Lipinski definition) is 2. The van der Waals surface area contributed by atoms with Gasteiger partial charge in [-0.2, -0.15) is 5.26 Å². The summed E-state index contributed by atoms with van der Waals surface area (Å²) in [4.78, 5) is 27.3. The molecule has 2 saturated heterocycles. The SMILES string of the molecule is Cc1ccc(C(=O)N2CCC(c3ccc(C#N)cc3)CC2)cc1NC(=O)NCC1CCCO1. The number of hydrogen-bond acceptors (Lipinski definition) is 4. The molecule has 172 valence electrons. The largest absolute Gasteiger partial charge is 0.376 e. The van der Waals surface area contributed by atoms with Gasteiger partial charge in [-0.05, 0) is 73.9 Å². The molecule has 2 aliphatic heterocycles. The number of ether oxygens (including phenoxy) is 1. The fourth-order valence-corrected chi connectivity index (χ4v) is 4.50. The molecular weight excluding hydrogens is 416 g/mol. The van der Waals surface area contributed by atoms with E-state index in [2.05, 4.69) is 16.7 Å². The molecule has 33 heavy (non-hydrogen) atoms. The van der Waals surface area contributed by atoms with Gasteiger partial charge in [0, 0.05) is 37.5 Å². The highest BCUT2D eigenvalue weighted by Crippen LogP contribution is 2.29. The predicted molar refractivity (Wildman–Crippen MR) is 126 cm³/mol. The van der Waals surface area contributed by atoms with Crippen LogP contribution in [0.5, 0.6) is 0 Å². The Kier molecular flexibility index (Phi) is 7.26. The van der Waals surface area contributed by atoms with Crippen LogP contribution in [0.2, 0.25) is 0 Å². The molecular formula is C26H30N4O3. The first-order valence-electron chi connectivity index (χ1n) is 11.6. The van der Waals surface area contributed by atoms with Crippen LogP contribution in [0.1, 0.15) is 58.6 Å². The van der Waals surface area contributed by atoms with Gasteiger partial charge in [0.2, 0.25) is 0 Å². The summed E-state index contributed by atoms with van der Waals surface area (Å²) >= 11 is 0. The van der Waals surface area contributed by atoms with Crippen LogP contribution < -0.4 is 10.6 Å². The zero-order valence-electron chi connectivity index (χ0n) is 19.0. The van der Waals surface area contributed by atoms with E-state index in [1.165, 1.54) is 5.56 Å². The van der Waals surface area contributed by atoms with Gasteiger partial charge in [-0.25, -0.2) is 4.79 Å². The zero-order chi connectivity index (χ0) is 23.2. The Bertz CT molecular complexity index is 1030. The lowest BCUT2D eigenvalue weighted by molar-refractivity contribution is 0.0713. The van der Waals surface area contributed by atoms with Gasteiger partial charge in [0.05, 0.1) is 17.7 Å². The molecule has 0 saturated carbocycles. The van der Waals surface area contributed by atoms with Gasteiger partial charge in [0.25, 0.3) is 5.91 Å². The van der Waals surface area contributed by atoms with Crippen LogP contribution in [0.25, 0.3) is 0 Å². The number of carbonyl (C=O) groups excluding carboxylic acids is 2. The van der Waals surface area contributed by atoms with Crippen molar-refractivity contribution in [3.63, 3.8) is 0 Å². The molecule has 0 radical (unpaired) electrons. The fourth-order valence-electron chi connectivity index (χ4n) is 4.50. The molecule has 0 spiro atoms. The van der Waals surface area contributed by atoms with E-state index >= 15 is 0 Å². The molecule has 0 aliphatic carbocycles. The average molecular weight is 447 g/mol. The third-order valence-electron chi connectivity index (χ3n) is 6.54. The third-order valence-corrected chi connectivity index (χ3v) is 6.54. The van der Waals surface area contributed by atoms with Crippen LogP contribution in [0.3, 0.4) is 0 Å². The molecule has 1 unspecified atom stereocenters. The summed E-state index contributed by atoms with van der Waals surface area (Å²) in [5.41, 5.74) is 4.00. The molecule has 1 atom stereocenters. The molecule has 3 amide bonds. The molecule has 4 rings (SSSR count). The van der Waals surface area contributed by atoms with Crippen molar-refractivity contribution in [2.24, 2.45) is 0 Å². The second-order valence-corrected chi connectivity index (χ2v) is 8.80. The molecule has 2 fully saturated rings. The van der Waals surface area contributed by atoms with E-state index < -0.39 is 0 Å². The molecule has 7 nitrogen and oxygen atoms in total. The molecule has 2 N–H and O–H groups in total. The van der Waals surface area contributed by atoms with Crippen LogP contribution in [-0.4, -0.2) is 49.2 Å². The zero-order valence-corrected chi connectivity index (χ0v) is 19.0. The number of nitrogens with zero attached hydrogens (tertiary/aromatic N) is 2. The van der Waals surface area contributed by atoms with Gasteiger partial charge in [-0.3, -0.25) is 4.79 Å². The number of rotatable bonds is 5. The number of nitriles is 1. The van der Waals surface area contributed by atoms with E-state index in [1.54, 1.807) is 6.07 Å². The molecule has 7 heteroatoms. The maximum absolute atomic E-state index is 13.1. The molecule has 2 aromatic carbocycles. The average Bonchev–Trinajstić information content (AvgIpc) is 3.38. The second-order valence-electron chi connectivity index (χ2n) is 8.80. The Hall–Kier alpha value is -3.37. The Morgan fingerprint density at radius 2 is 1.88 bits per heavy atom. The standard InChI is InChI=1S/C26H30N4O3/c1-18-4-7-22(15-24(18)29-26(32)28-17-23-3-2-14-33-23)25(31)30-12-10-21(11-13-30)20-8-5-19(16-27)6-9-20/h4-9,15,21,23H,2-3,10-14,17H2,1H3,(H2,28,29,32). The number of piperidine rings is 1. The van der Waals surface area contributed by atoms with Crippen LogP contribution in [0.4, 0.5) is 10.5 Å². The summed E-state index contributed by atoms with van der Waals surface area (Å²) in [6.07, 6.45) is 3.85. The Morgan fingerprint density at radius 1 is 1.12 bits per heavy atom. The topological polar surface area (TPSA) is 94.5 Å². The van der Waals surface area contributed by atoms with Crippen LogP contribution in [-0.2, 0) is 4.74 Å². The molecule has 0 aromatic heterocycles. The summed E-state index contributed by atoms with van der Waals surface area (Å²) in [5.74, 6) is 0.376. The highest BCUT2D eigenvalue weighted by molar-refractivity contribution is 5.97. The lowest BCUT2D eigenvalue weighted by atomic mass is 9.89. The Morgan fingerprint density at radius 3 is 2.55 bits per heavy atom. The summed E-state index contributed by atoms with van der Waals surface area (Å²) in [5, 5.41) is 14.7. The lowest BCUT2D eigenvalue weighted by Gasteiger charge is -2.32. The van der Waals surface area contributed by atoms with Gasteiger partial charge in [0.1, 0.15) is 0 Å². The highest BCUT2D eigenvalue weighted by Gasteiger charge is 2.25. The van der Waals surface area contributed by atoms with E-state index in [0.717, 1.165) is 37.9 Å². The van der Waals surface area contributed by atoms with E-state index in [1.807, 2.05) is 48.2 Å². The highest BCUT2D eigenvalue weighted by atomic mass is 16.5. The summed E-state index contributed by atoms with van der Waals surface area (Å²) in [7, 11) is 0. The Balaban J connectivity index is 1.33. The van der Waals surface area contributed by atoms with Gasteiger partial charge < -0.3 is 20.3 Å². The minimum absolute atomic E-state index is 0.0175. The van der Waals surface area contributed by atoms with Gasteiger partial charge >= 0.3 is 6.03 Å². The smallest absolute Gasteiger partial charge is 0.319 e. The van der Waals surface area contributed by atoms with Crippen molar-refractivity contribution in [2.75, 3.05) is 31.6 Å². The number of amides is 3. The first-order chi connectivity index (χ1) is 16.0. The van der Waals surface area contributed by atoms with Crippen molar-refractivity contribution in [3.8, 4) is 6.07 Å². The normalized spacial score (nSPS) is 18.5. The van der Waals surface area contributed by atoms with Crippen molar-refractivity contribution in [3.05, 3.63) is 64.7 Å². The summed E-state index contributed by atoms with van der Waals surface area (Å²) in [6.45, 7) is 4.51. The quantitative estimate of drug-likeness (QED) is 0.720. The number of carbonyl (C=O) groups is 2. The minimum Gasteiger partial charge on any atom is -0.376 e. The molecule has 2 aromatic rings.